The molecule has 112 valence electrons. The Bertz CT molecular complexity index is 276. The molecule has 0 aliphatic heterocycles. The van der Waals surface area contributed by atoms with E-state index in [1.807, 2.05) is 0 Å². The second kappa shape index (κ2) is 9.75. The van der Waals surface area contributed by atoms with E-state index >= 15 is 0 Å². The van der Waals surface area contributed by atoms with E-state index in [1.54, 1.807) is 0 Å². The molecular weight excluding hydrogens is 248 g/mol. The van der Waals surface area contributed by atoms with Gasteiger partial charge in [0.2, 0.25) is 0 Å². The Morgan fingerprint density at radius 3 is 1.89 bits per heavy atom. The van der Waals surface area contributed by atoms with Crippen LogP contribution in [0.15, 0.2) is 0 Å². The van der Waals surface area contributed by atoms with Crippen molar-refractivity contribution < 1.29 is 19.8 Å². The first-order valence-corrected chi connectivity index (χ1v) is 6.79. The smallest absolute Gasteiger partial charge is 0.303 e. The third kappa shape index (κ3) is 8.56. The van der Waals surface area contributed by atoms with Crippen LogP contribution in [-0.2, 0) is 9.59 Å². The molecule has 1 aliphatic rings. The van der Waals surface area contributed by atoms with Gasteiger partial charge in [-0.25, -0.2) is 0 Å². The van der Waals surface area contributed by atoms with Gasteiger partial charge in [0.25, 0.3) is 0 Å². The summed E-state index contributed by atoms with van der Waals surface area (Å²) in [5, 5.41) is 16.7. The summed E-state index contributed by atoms with van der Waals surface area (Å²) < 4.78 is 0. The van der Waals surface area contributed by atoms with Gasteiger partial charge >= 0.3 is 11.9 Å². The van der Waals surface area contributed by atoms with Crippen LogP contribution in [0, 0.1) is 5.41 Å². The van der Waals surface area contributed by atoms with E-state index in [9.17, 15) is 9.59 Å². The molecule has 1 rings (SSSR count). The first kappa shape index (κ1) is 17.9. The fourth-order valence-electron chi connectivity index (χ4n) is 2.33. The molecule has 0 spiro atoms. The summed E-state index contributed by atoms with van der Waals surface area (Å²) in [6, 6.07) is 0. The molecule has 0 heterocycles. The molecule has 0 amide bonds. The van der Waals surface area contributed by atoms with Crippen LogP contribution in [0.1, 0.15) is 51.4 Å². The van der Waals surface area contributed by atoms with Crippen molar-refractivity contribution in [1.82, 2.24) is 0 Å². The van der Waals surface area contributed by atoms with Crippen molar-refractivity contribution >= 4 is 11.9 Å². The van der Waals surface area contributed by atoms with E-state index in [2.05, 4.69) is 0 Å². The lowest BCUT2D eigenvalue weighted by atomic mass is 9.72. The number of aliphatic carboxylic acids is 2. The zero-order chi connectivity index (χ0) is 14.7. The highest BCUT2D eigenvalue weighted by molar-refractivity contribution is 5.67. The van der Waals surface area contributed by atoms with Gasteiger partial charge in [0.05, 0.1) is 6.42 Å². The first-order chi connectivity index (χ1) is 8.95. The fourth-order valence-corrected chi connectivity index (χ4v) is 2.33. The molecule has 0 aromatic carbocycles. The molecule has 1 saturated carbocycles. The second-order valence-electron chi connectivity index (χ2n) is 5.12. The molecule has 0 aromatic rings. The molecule has 0 atom stereocenters. The highest BCUT2D eigenvalue weighted by atomic mass is 16.4. The number of hydrogen-bond donors (Lipinski definition) is 4. The van der Waals surface area contributed by atoms with Crippen molar-refractivity contribution in [3.63, 3.8) is 0 Å². The molecular formula is C13H26N2O4. The van der Waals surface area contributed by atoms with Crippen LogP contribution in [-0.4, -0.2) is 35.2 Å². The van der Waals surface area contributed by atoms with E-state index < -0.39 is 11.9 Å². The number of carbonyl (C=O) groups is 2. The summed E-state index contributed by atoms with van der Waals surface area (Å²) in [6.45, 7) is 0.992. The average molecular weight is 274 g/mol. The highest BCUT2D eigenvalue weighted by Crippen LogP contribution is 2.38. The summed E-state index contributed by atoms with van der Waals surface area (Å²) in [7, 11) is 0. The monoisotopic (exact) mass is 274 g/mol. The Kier molecular flexibility index (Phi) is 9.16. The van der Waals surface area contributed by atoms with Crippen LogP contribution in [0.3, 0.4) is 0 Å². The normalized spacial score (nSPS) is 17.2. The Balaban J connectivity index is 0.000000399. The zero-order valence-corrected chi connectivity index (χ0v) is 11.4. The average Bonchev–Trinajstić information content (AvgIpc) is 2.37. The predicted molar refractivity (Wildman–Crippen MR) is 72.7 cm³/mol. The number of carboxylic acids is 2. The minimum absolute atomic E-state index is 0.0793. The zero-order valence-electron chi connectivity index (χ0n) is 11.4. The standard InChI is InChI=1S/C9H17NO2.C4H9NO2/c10-7-9(6-8(11)12)4-2-1-3-5-9;5-3-1-2-4(6)7/h1-7,10H2,(H,11,12);1-3,5H2,(H,6,7). The molecule has 0 saturated heterocycles. The quantitative estimate of drug-likeness (QED) is 0.576. The van der Waals surface area contributed by atoms with Crippen molar-refractivity contribution in [1.29, 1.82) is 0 Å². The second-order valence-corrected chi connectivity index (χ2v) is 5.12. The van der Waals surface area contributed by atoms with Gasteiger partial charge in [-0.1, -0.05) is 19.3 Å². The van der Waals surface area contributed by atoms with Crippen molar-refractivity contribution in [3.05, 3.63) is 0 Å². The highest BCUT2D eigenvalue weighted by Gasteiger charge is 2.32. The maximum Gasteiger partial charge on any atom is 0.303 e. The lowest BCUT2D eigenvalue weighted by Gasteiger charge is -2.34. The van der Waals surface area contributed by atoms with Crippen LogP contribution < -0.4 is 11.5 Å². The number of nitrogens with two attached hydrogens (primary N) is 2. The van der Waals surface area contributed by atoms with Crippen molar-refractivity contribution in [2.45, 2.75) is 51.4 Å². The summed E-state index contributed by atoms with van der Waals surface area (Å²) in [6.07, 6.45) is 6.54. The fraction of sp³-hybridized carbons (Fsp3) is 0.846. The lowest BCUT2D eigenvalue weighted by Crippen LogP contribution is -2.34. The molecule has 1 aliphatic carbocycles. The van der Waals surface area contributed by atoms with Crippen LogP contribution in [0.2, 0.25) is 0 Å². The van der Waals surface area contributed by atoms with Crippen LogP contribution >= 0.6 is 0 Å². The summed E-state index contributed by atoms with van der Waals surface area (Å²) in [4.78, 5) is 20.3. The van der Waals surface area contributed by atoms with Gasteiger partial charge in [-0.15, -0.1) is 0 Å². The SMILES string of the molecule is NCC1(CC(=O)O)CCCCC1.NCCCC(=O)O. The van der Waals surface area contributed by atoms with Gasteiger partial charge in [0.15, 0.2) is 0 Å². The molecule has 1 fully saturated rings. The Morgan fingerprint density at radius 2 is 1.58 bits per heavy atom. The minimum atomic E-state index is -0.773. The molecule has 19 heavy (non-hydrogen) atoms. The van der Waals surface area contributed by atoms with Crippen LogP contribution in [0.25, 0.3) is 0 Å². The third-order valence-corrected chi connectivity index (χ3v) is 3.47. The van der Waals surface area contributed by atoms with Gasteiger partial charge in [-0.05, 0) is 37.8 Å². The number of rotatable bonds is 6. The van der Waals surface area contributed by atoms with E-state index in [0.29, 0.717) is 19.5 Å². The summed E-state index contributed by atoms with van der Waals surface area (Å²) >= 11 is 0. The third-order valence-electron chi connectivity index (χ3n) is 3.47. The minimum Gasteiger partial charge on any atom is -0.481 e. The molecule has 0 radical (unpaired) electrons. The van der Waals surface area contributed by atoms with Crippen molar-refractivity contribution in [2.24, 2.45) is 16.9 Å². The van der Waals surface area contributed by atoms with Gasteiger partial charge < -0.3 is 21.7 Å². The maximum absolute atomic E-state index is 10.6. The topological polar surface area (TPSA) is 127 Å². The summed E-state index contributed by atoms with van der Waals surface area (Å²) in [5.74, 6) is -1.48. The summed E-state index contributed by atoms with van der Waals surface area (Å²) in [5.41, 5.74) is 10.6. The van der Waals surface area contributed by atoms with E-state index in [4.69, 9.17) is 21.7 Å². The molecule has 0 aromatic heterocycles. The van der Waals surface area contributed by atoms with Gasteiger partial charge in [0, 0.05) is 6.42 Å². The van der Waals surface area contributed by atoms with Crippen LogP contribution in [0.4, 0.5) is 0 Å². The van der Waals surface area contributed by atoms with Gasteiger partial charge in [0.1, 0.15) is 0 Å². The Hall–Kier alpha value is -1.14. The largest absolute Gasteiger partial charge is 0.481 e. The lowest BCUT2D eigenvalue weighted by molar-refractivity contribution is -0.140. The number of carboxylic acid groups (broad SMARTS) is 2. The van der Waals surface area contributed by atoms with E-state index in [0.717, 1.165) is 25.7 Å². The molecule has 6 N–H and O–H groups in total. The molecule has 6 nitrogen and oxygen atoms in total. The molecule has 0 bridgehead atoms. The molecule has 0 unspecified atom stereocenters. The first-order valence-electron chi connectivity index (χ1n) is 6.79. The van der Waals surface area contributed by atoms with Crippen molar-refractivity contribution in [3.8, 4) is 0 Å². The van der Waals surface area contributed by atoms with Gasteiger partial charge in [-0.2, -0.15) is 0 Å². The van der Waals surface area contributed by atoms with E-state index in [1.165, 1.54) is 6.42 Å². The Labute approximate surface area is 114 Å². The predicted octanol–water partition coefficient (Wildman–Crippen LogP) is 1.18. The van der Waals surface area contributed by atoms with E-state index in [-0.39, 0.29) is 18.3 Å². The Morgan fingerprint density at radius 1 is 1.00 bits per heavy atom. The van der Waals surface area contributed by atoms with Gasteiger partial charge in [-0.3, -0.25) is 9.59 Å². The molecule has 6 heteroatoms. The van der Waals surface area contributed by atoms with Crippen molar-refractivity contribution in [2.75, 3.05) is 13.1 Å². The maximum atomic E-state index is 10.6. The van der Waals surface area contributed by atoms with Crippen LogP contribution in [0.5, 0.6) is 0 Å². The number of hydrogen-bond acceptors (Lipinski definition) is 4.